The molecular weight excluding hydrogens is 190 g/mol. The summed E-state index contributed by atoms with van der Waals surface area (Å²) in [5.74, 6) is -3.02. The highest BCUT2D eigenvalue weighted by Crippen LogP contribution is 2.24. The van der Waals surface area contributed by atoms with Crippen LogP contribution in [0.4, 0.5) is 17.6 Å². The van der Waals surface area contributed by atoms with E-state index < -0.39 is 35.9 Å². The Morgan fingerprint density at radius 1 is 1.38 bits per heavy atom. The lowest BCUT2D eigenvalue weighted by atomic mass is 10.1. The summed E-state index contributed by atoms with van der Waals surface area (Å²) in [6.45, 7) is -0.981. The van der Waals surface area contributed by atoms with E-state index in [1.54, 1.807) is 0 Å². The molecular formula is C7H5F4NO. The van der Waals surface area contributed by atoms with Crippen LogP contribution in [0.2, 0.25) is 0 Å². The lowest BCUT2D eigenvalue weighted by molar-refractivity contribution is 0.145. The van der Waals surface area contributed by atoms with E-state index in [4.69, 9.17) is 5.11 Å². The van der Waals surface area contributed by atoms with Gasteiger partial charge in [0.15, 0.2) is 5.82 Å². The molecule has 0 atom stereocenters. The fourth-order valence-corrected chi connectivity index (χ4v) is 0.861. The van der Waals surface area contributed by atoms with Crippen LogP contribution in [0.1, 0.15) is 17.6 Å². The van der Waals surface area contributed by atoms with Gasteiger partial charge in [0, 0.05) is 17.3 Å². The van der Waals surface area contributed by atoms with Crippen molar-refractivity contribution >= 4 is 0 Å². The summed E-state index contributed by atoms with van der Waals surface area (Å²) in [7, 11) is 0. The maximum absolute atomic E-state index is 12.7. The van der Waals surface area contributed by atoms with Crippen molar-refractivity contribution in [3.63, 3.8) is 0 Å². The molecule has 2 nitrogen and oxygen atoms in total. The fourth-order valence-electron chi connectivity index (χ4n) is 0.861. The predicted octanol–water partition coefficient (Wildman–Crippen LogP) is 1.79. The van der Waals surface area contributed by atoms with Crippen molar-refractivity contribution in [2.75, 3.05) is 0 Å². The quantitative estimate of drug-likeness (QED) is 0.576. The number of halogens is 4. The molecule has 1 rings (SSSR count). The van der Waals surface area contributed by atoms with Crippen molar-refractivity contribution in [2.45, 2.75) is 13.0 Å². The van der Waals surface area contributed by atoms with E-state index in [1.165, 1.54) is 0 Å². The van der Waals surface area contributed by atoms with E-state index in [0.717, 1.165) is 0 Å². The standard InChI is InChI=1S/C7H5F4NO/c8-5-4(2-13)3(6(9)10)1-12-7(5)11/h1,6,13H,2H2. The smallest absolute Gasteiger partial charge is 0.265 e. The molecule has 1 heterocycles. The van der Waals surface area contributed by atoms with Gasteiger partial charge in [0.2, 0.25) is 5.95 Å². The third-order valence-corrected chi connectivity index (χ3v) is 1.50. The Bertz CT molecular complexity index is 316. The van der Waals surface area contributed by atoms with Crippen LogP contribution in [0.25, 0.3) is 0 Å². The van der Waals surface area contributed by atoms with Crippen LogP contribution in [0.5, 0.6) is 0 Å². The number of hydrogen-bond acceptors (Lipinski definition) is 2. The molecule has 0 bridgehead atoms. The molecule has 0 fully saturated rings. The minimum Gasteiger partial charge on any atom is -0.392 e. The van der Waals surface area contributed by atoms with Gasteiger partial charge in [-0.05, 0) is 0 Å². The van der Waals surface area contributed by atoms with E-state index in [9.17, 15) is 17.6 Å². The second-order valence-electron chi connectivity index (χ2n) is 2.26. The van der Waals surface area contributed by atoms with Crippen LogP contribution in [-0.2, 0) is 6.61 Å². The van der Waals surface area contributed by atoms with Gasteiger partial charge in [0.25, 0.3) is 6.43 Å². The zero-order chi connectivity index (χ0) is 10.0. The minimum atomic E-state index is -2.98. The first-order valence-electron chi connectivity index (χ1n) is 3.29. The van der Waals surface area contributed by atoms with Gasteiger partial charge in [0.1, 0.15) is 0 Å². The average molecular weight is 195 g/mol. The van der Waals surface area contributed by atoms with Crippen LogP contribution in [0.15, 0.2) is 6.20 Å². The van der Waals surface area contributed by atoms with Crippen molar-refractivity contribution in [3.05, 3.63) is 29.1 Å². The number of hydrogen-bond donors (Lipinski definition) is 1. The molecule has 1 aromatic rings. The Labute approximate surface area is 70.8 Å². The van der Waals surface area contributed by atoms with E-state index >= 15 is 0 Å². The fraction of sp³-hybridized carbons (Fsp3) is 0.286. The SMILES string of the molecule is OCc1c(C(F)F)cnc(F)c1F. The third-order valence-electron chi connectivity index (χ3n) is 1.50. The normalized spacial score (nSPS) is 10.9. The summed E-state index contributed by atoms with van der Waals surface area (Å²) in [5, 5.41) is 8.50. The molecule has 0 aliphatic rings. The molecule has 0 spiro atoms. The van der Waals surface area contributed by atoms with Crippen LogP contribution in [-0.4, -0.2) is 10.1 Å². The summed E-state index contributed by atoms with van der Waals surface area (Å²) in [6, 6.07) is 0. The summed E-state index contributed by atoms with van der Waals surface area (Å²) in [4.78, 5) is 2.78. The van der Waals surface area contributed by atoms with Gasteiger partial charge in [-0.15, -0.1) is 0 Å². The number of rotatable bonds is 2. The largest absolute Gasteiger partial charge is 0.392 e. The molecule has 6 heteroatoms. The van der Waals surface area contributed by atoms with Gasteiger partial charge in [-0.2, -0.15) is 4.39 Å². The van der Waals surface area contributed by atoms with Gasteiger partial charge in [0.05, 0.1) is 6.61 Å². The van der Waals surface area contributed by atoms with Crippen LogP contribution >= 0.6 is 0 Å². The Hall–Kier alpha value is -1.17. The first kappa shape index (κ1) is 9.91. The van der Waals surface area contributed by atoms with Crippen molar-refractivity contribution in [3.8, 4) is 0 Å². The summed E-state index contributed by atoms with van der Waals surface area (Å²) < 4.78 is 49.2. The number of alkyl halides is 2. The lowest BCUT2D eigenvalue weighted by Gasteiger charge is -2.06. The highest BCUT2D eigenvalue weighted by Gasteiger charge is 2.19. The summed E-state index contributed by atoms with van der Waals surface area (Å²) in [5.41, 5.74) is -1.54. The second kappa shape index (κ2) is 3.69. The van der Waals surface area contributed by atoms with Crippen LogP contribution < -0.4 is 0 Å². The monoisotopic (exact) mass is 195 g/mol. The van der Waals surface area contributed by atoms with Crippen molar-refractivity contribution < 1.29 is 22.7 Å². The van der Waals surface area contributed by atoms with E-state index in [2.05, 4.69) is 4.98 Å². The average Bonchev–Trinajstić information content (AvgIpc) is 2.09. The third kappa shape index (κ3) is 1.77. The van der Waals surface area contributed by atoms with E-state index in [1.807, 2.05) is 0 Å². The zero-order valence-corrected chi connectivity index (χ0v) is 6.27. The van der Waals surface area contributed by atoms with Gasteiger partial charge in [-0.25, -0.2) is 18.2 Å². The van der Waals surface area contributed by atoms with Crippen molar-refractivity contribution in [1.29, 1.82) is 0 Å². The molecule has 0 radical (unpaired) electrons. The second-order valence-corrected chi connectivity index (χ2v) is 2.26. The Balaban J connectivity index is 3.30. The molecule has 1 N–H and O–H groups in total. The van der Waals surface area contributed by atoms with E-state index in [-0.39, 0.29) is 0 Å². The highest BCUT2D eigenvalue weighted by molar-refractivity contribution is 5.25. The molecule has 0 amide bonds. The highest BCUT2D eigenvalue weighted by atomic mass is 19.3. The molecule has 0 saturated heterocycles. The van der Waals surface area contributed by atoms with Gasteiger partial charge in [-0.1, -0.05) is 0 Å². The number of nitrogens with zero attached hydrogens (tertiary/aromatic N) is 1. The minimum absolute atomic E-state index is 0.509. The van der Waals surface area contributed by atoms with Crippen LogP contribution in [0, 0.1) is 11.8 Å². The first-order chi connectivity index (χ1) is 6.07. The van der Waals surface area contributed by atoms with Crippen LogP contribution in [0.3, 0.4) is 0 Å². The topological polar surface area (TPSA) is 33.1 Å². The molecule has 0 aromatic carbocycles. The molecule has 0 aliphatic heterocycles. The Kier molecular flexibility index (Phi) is 2.82. The maximum Gasteiger partial charge on any atom is 0.265 e. The number of pyridine rings is 1. The number of aliphatic hydroxyl groups excluding tert-OH is 1. The molecule has 0 aliphatic carbocycles. The van der Waals surface area contributed by atoms with Crippen molar-refractivity contribution in [2.24, 2.45) is 0 Å². The number of aliphatic hydroxyl groups is 1. The molecule has 13 heavy (non-hydrogen) atoms. The van der Waals surface area contributed by atoms with Gasteiger partial charge < -0.3 is 5.11 Å². The first-order valence-corrected chi connectivity index (χ1v) is 3.29. The van der Waals surface area contributed by atoms with Gasteiger partial charge in [-0.3, -0.25) is 0 Å². The van der Waals surface area contributed by atoms with E-state index in [0.29, 0.717) is 6.20 Å². The Morgan fingerprint density at radius 2 is 2.00 bits per heavy atom. The molecule has 1 aromatic heterocycles. The van der Waals surface area contributed by atoms with Gasteiger partial charge >= 0.3 is 0 Å². The number of aromatic nitrogens is 1. The molecule has 0 unspecified atom stereocenters. The zero-order valence-electron chi connectivity index (χ0n) is 6.27. The summed E-state index contributed by atoms with van der Waals surface area (Å²) in [6.07, 6.45) is -2.47. The lowest BCUT2D eigenvalue weighted by Crippen LogP contribution is -2.03. The molecule has 0 saturated carbocycles. The molecule has 72 valence electrons. The van der Waals surface area contributed by atoms with Crippen molar-refractivity contribution in [1.82, 2.24) is 4.98 Å². The maximum atomic E-state index is 12.7. The summed E-state index contributed by atoms with van der Waals surface area (Å²) >= 11 is 0. The Morgan fingerprint density at radius 3 is 2.46 bits per heavy atom. The predicted molar refractivity (Wildman–Crippen MR) is 35.0 cm³/mol.